The van der Waals surface area contributed by atoms with Crippen LogP contribution in [0.3, 0.4) is 0 Å². The number of pyridine rings is 1. The van der Waals surface area contributed by atoms with Crippen molar-refractivity contribution in [3.8, 4) is 0 Å². The fourth-order valence-electron chi connectivity index (χ4n) is 2.49. The third kappa shape index (κ3) is 4.47. The maximum atomic E-state index is 4.62. The van der Waals surface area contributed by atoms with E-state index < -0.39 is 0 Å². The first kappa shape index (κ1) is 15.8. The molecule has 0 spiro atoms. The lowest BCUT2D eigenvalue weighted by molar-refractivity contribution is 0.202. The van der Waals surface area contributed by atoms with Gasteiger partial charge in [-0.3, -0.25) is 9.88 Å². The maximum absolute atomic E-state index is 4.62. The number of thioether (sulfide) groups is 1. The van der Waals surface area contributed by atoms with E-state index in [0.29, 0.717) is 6.04 Å². The standard InChI is InChI=1S/C16H27N3S/c1-4-7-17-10-15-5-6-16(18-11-15)12-19-8-9-20-14(3)13(19)2/h5-6,11,13-14,17H,4,7-10,12H2,1-3H3. The van der Waals surface area contributed by atoms with E-state index in [1.807, 2.05) is 6.20 Å². The molecule has 2 unspecified atom stereocenters. The number of hydrogen-bond donors (Lipinski definition) is 1. The van der Waals surface area contributed by atoms with Crippen LogP contribution in [-0.2, 0) is 13.1 Å². The van der Waals surface area contributed by atoms with Gasteiger partial charge in [0.1, 0.15) is 0 Å². The molecule has 0 aromatic carbocycles. The Kier molecular flexibility index (Phi) is 6.33. The summed E-state index contributed by atoms with van der Waals surface area (Å²) in [6, 6.07) is 5.03. The Morgan fingerprint density at radius 1 is 1.40 bits per heavy atom. The molecule has 2 atom stereocenters. The van der Waals surface area contributed by atoms with Gasteiger partial charge in [0.2, 0.25) is 0 Å². The quantitative estimate of drug-likeness (QED) is 0.816. The second-order valence-electron chi connectivity index (χ2n) is 5.62. The molecule has 2 rings (SSSR count). The fraction of sp³-hybridized carbons (Fsp3) is 0.688. The summed E-state index contributed by atoms with van der Waals surface area (Å²) >= 11 is 2.08. The van der Waals surface area contributed by atoms with Crippen molar-refractivity contribution < 1.29 is 0 Å². The summed E-state index contributed by atoms with van der Waals surface area (Å²) in [5, 5.41) is 4.14. The van der Waals surface area contributed by atoms with Gasteiger partial charge in [-0.15, -0.1) is 0 Å². The minimum atomic E-state index is 0.640. The smallest absolute Gasteiger partial charge is 0.0544 e. The third-order valence-electron chi connectivity index (χ3n) is 4.02. The van der Waals surface area contributed by atoms with Crippen molar-refractivity contribution in [3.05, 3.63) is 29.6 Å². The first-order chi connectivity index (χ1) is 9.70. The second kappa shape index (κ2) is 8.01. The van der Waals surface area contributed by atoms with Crippen molar-refractivity contribution in [2.75, 3.05) is 18.8 Å². The Morgan fingerprint density at radius 2 is 2.25 bits per heavy atom. The molecule has 112 valence electrons. The van der Waals surface area contributed by atoms with Crippen molar-refractivity contribution in [3.63, 3.8) is 0 Å². The summed E-state index contributed by atoms with van der Waals surface area (Å²) in [4.78, 5) is 7.18. The Morgan fingerprint density at radius 3 is 2.95 bits per heavy atom. The number of hydrogen-bond acceptors (Lipinski definition) is 4. The molecule has 1 N–H and O–H groups in total. The third-order valence-corrected chi connectivity index (χ3v) is 5.36. The van der Waals surface area contributed by atoms with Crippen molar-refractivity contribution in [2.45, 2.75) is 51.6 Å². The highest BCUT2D eigenvalue weighted by Crippen LogP contribution is 2.25. The molecule has 0 radical (unpaired) electrons. The Balaban J connectivity index is 1.86. The lowest BCUT2D eigenvalue weighted by Gasteiger charge is -2.37. The number of nitrogens with zero attached hydrogens (tertiary/aromatic N) is 2. The SMILES string of the molecule is CCCNCc1ccc(CN2CCSC(C)C2C)nc1. The van der Waals surface area contributed by atoms with Crippen LogP contribution in [0.25, 0.3) is 0 Å². The Bertz CT molecular complexity index is 393. The first-order valence-corrected chi connectivity index (χ1v) is 8.75. The highest BCUT2D eigenvalue weighted by Gasteiger charge is 2.25. The molecule has 3 nitrogen and oxygen atoms in total. The van der Waals surface area contributed by atoms with Crippen LogP contribution in [0.2, 0.25) is 0 Å². The Hall–Kier alpha value is -0.580. The van der Waals surface area contributed by atoms with Gasteiger partial charge in [0.15, 0.2) is 0 Å². The normalized spacial score (nSPS) is 23.9. The monoisotopic (exact) mass is 293 g/mol. The molecular weight excluding hydrogens is 266 g/mol. The molecule has 1 aromatic rings. The summed E-state index contributed by atoms with van der Waals surface area (Å²) in [6.45, 7) is 11.0. The van der Waals surface area contributed by atoms with Crippen molar-refractivity contribution >= 4 is 11.8 Å². The minimum absolute atomic E-state index is 0.640. The van der Waals surface area contributed by atoms with Crippen molar-refractivity contribution in [2.24, 2.45) is 0 Å². The molecule has 1 fully saturated rings. The lowest BCUT2D eigenvalue weighted by Crippen LogP contribution is -2.44. The van der Waals surface area contributed by atoms with Gasteiger partial charge in [0.25, 0.3) is 0 Å². The van der Waals surface area contributed by atoms with Crippen LogP contribution in [0.1, 0.15) is 38.4 Å². The fourth-order valence-corrected chi connectivity index (χ4v) is 3.65. The average molecular weight is 293 g/mol. The summed E-state index contributed by atoms with van der Waals surface area (Å²) in [6.07, 6.45) is 3.19. The zero-order valence-corrected chi connectivity index (χ0v) is 13.7. The van der Waals surface area contributed by atoms with Gasteiger partial charge >= 0.3 is 0 Å². The van der Waals surface area contributed by atoms with E-state index in [1.165, 1.54) is 30.0 Å². The van der Waals surface area contributed by atoms with Gasteiger partial charge in [0, 0.05) is 42.9 Å². The van der Waals surface area contributed by atoms with E-state index in [9.17, 15) is 0 Å². The van der Waals surface area contributed by atoms with Gasteiger partial charge in [-0.1, -0.05) is 19.9 Å². The molecule has 2 heterocycles. The molecule has 0 aliphatic carbocycles. The van der Waals surface area contributed by atoms with Gasteiger partial charge in [0.05, 0.1) is 5.69 Å². The van der Waals surface area contributed by atoms with E-state index in [0.717, 1.165) is 24.9 Å². The summed E-state index contributed by atoms with van der Waals surface area (Å²) in [7, 11) is 0. The van der Waals surface area contributed by atoms with Gasteiger partial charge in [-0.2, -0.15) is 11.8 Å². The highest BCUT2D eigenvalue weighted by molar-refractivity contribution is 8.00. The van der Waals surface area contributed by atoms with Crippen LogP contribution < -0.4 is 5.32 Å². The zero-order valence-electron chi connectivity index (χ0n) is 12.9. The van der Waals surface area contributed by atoms with Crippen molar-refractivity contribution in [1.29, 1.82) is 0 Å². The molecule has 20 heavy (non-hydrogen) atoms. The topological polar surface area (TPSA) is 28.2 Å². The van der Waals surface area contributed by atoms with E-state index >= 15 is 0 Å². The van der Waals surface area contributed by atoms with E-state index in [1.54, 1.807) is 0 Å². The van der Waals surface area contributed by atoms with Crippen LogP contribution in [0.4, 0.5) is 0 Å². The predicted molar refractivity (Wildman–Crippen MR) is 88.0 cm³/mol. The molecule has 1 aromatic heterocycles. The molecular formula is C16H27N3S. The molecule has 1 saturated heterocycles. The number of aromatic nitrogens is 1. The highest BCUT2D eigenvalue weighted by atomic mass is 32.2. The van der Waals surface area contributed by atoms with Crippen LogP contribution in [-0.4, -0.2) is 40.0 Å². The molecule has 0 saturated carbocycles. The molecule has 4 heteroatoms. The predicted octanol–water partition coefficient (Wildman–Crippen LogP) is 2.91. The van der Waals surface area contributed by atoms with E-state index in [-0.39, 0.29) is 0 Å². The summed E-state index contributed by atoms with van der Waals surface area (Å²) < 4.78 is 0. The lowest BCUT2D eigenvalue weighted by atomic mass is 10.2. The molecule has 0 bridgehead atoms. The van der Waals surface area contributed by atoms with E-state index in [2.05, 4.69) is 59.9 Å². The molecule has 1 aliphatic heterocycles. The largest absolute Gasteiger partial charge is 0.313 e. The van der Waals surface area contributed by atoms with Gasteiger partial charge in [-0.05, 0) is 31.5 Å². The molecule has 0 amide bonds. The van der Waals surface area contributed by atoms with Gasteiger partial charge in [-0.25, -0.2) is 0 Å². The second-order valence-corrected chi connectivity index (χ2v) is 7.11. The molecule has 1 aliphatic rings. The van der Waals surface area contributed by atoms with Crippen LogP contribution in [0, 0.1) is 0 Å². The Labute approximate surface area is 127 Å². The van der Waals surface area contributed by atoms with Crippen molar-refractivity contribution in [1.82, 2.24) is 15.2 Å². The summed E-state index contributed by atoms with van der Waals surface area (Å²) in [5.41, 5.74) is 2.47. The first-order valence-electron chi connectivity index (χ1n) is 7.71. The van der Waals surface area contributed by atoms with Crippen LogP contribution in [0.15, 0.2) is 18.3 Å². The van der Waals surface area contributed by atoms with Gasteiger partial charge < -0.3 is 5.32 Å². The number of rotatable bonds is 6. The summed E-state index contributed by atoms with van der Waals surface area (Å²) in [5.74, 6) is 1.24. The maximum Gasteiger partial charge on any atom is 0.0544 e. The van der Waals surface area contributed by atoms with Crippen LogP contribution in [0.5, 0.6) is 0 Å². The number of nitrogens with one attached hydrogen (secondary N) is 1. The van der Waals surface area contributed by atoms with Crippen LogP contribution >= 0.6 is 11.8 Å². The average Bonchev–Trinajstić information content (AvgIpc) is 2.46. The zero-order chi connectivity index (χ0) is 14.4. The van der Waals surface area contributed by atoms with E-state index in [4.69, 9.17) is 0 Å². The minimum Gasteiger partial charge on any atom is -0.313 e.